The number of hydrogen-bond acceptors (Lipinski definition) is 9. The Labute approximate surface area is 852 Å². The van der Waals surface area contributed by atoms with E-state index < -0.39 is 0 Å². The molecule has 18 atom stereocenters. The van der Waals surface area contributed by atoms with Crippen molar-refractivity contribution in [2.45, 2.75) is 241 Å². The second-order valence-corrected chi connectivity index (χ2v) is 46.5. The molecule has 752 valence electrons. The Hall–Kier alpha value is -10.6. The number of aryl methyl sites for hydroxylation is 1. The molecule has 13 aromatic rings. The Kier molecular flexibility index (Phi) is 30.7. The molecule has 6 saturated heterocycles. The van der Waals surface area contributed by atoms with Gasteiger partial charge in [0.25, 0.3) is 0 Å². The number of fused-ring (bicyclic) bond motifs is 18. The van der Waals surface area contributed by atoms with Crippen LogP contribution in [0.2, 0.25) is 0 Å². The molecule has 143 heavy (non-hydrogen) atoms. The average molecular weight is 1920 g/mol. The van der Waals surface area contributed by atoms with Crippen LogP contribution in [0.25, 0.3) is 65.5 Å². The lowest BCUT2D eigenvalue weighted by atomic mass is 9.65. The van der Waals surface area contributed by atoms with Gasteiger partial charge in [-0.15, -0.1) is 0 Å². The molecule has 0 amide bonds. The van der Waals surface area contributed by atoms with E-state index in [0.29, 0.717) is 81.5 Å². The number of carbonyl (C=O) groups excluding carboxylic acids is 1. The predicted molar refractivity (Wildman–Crippen MR) is 596 cm³/mol. The van der Waals surface area contributed by atoms with Gasteiger partial charge in [-0.25, -0.2) is 9.78 Å². The molecule has 6 fully saturated rings. The van der Waals surface area contributed by atoms with Gasteiger partial charge in [-0.2, -0.15) is 0 Å². The smallest absolute Gasteiger partial charge is 0.355 e. The second kappa shape index (κ2) is 44.0. The Morgan fingerprint density at radius 2 is 0.776 bits per heavy atom. The predicted octanol–water partition coefficient (Wildman–Crippen LogP) is 27.1. The maximum Gasteiger partial charge on any atom is 0.355 e. The number of nitrogens with one attached hydrogen (secondary N) is 6. The van der Waals surface area contributed by atoms with Crippen LogP contribution in [0.3, 0.4) is 0 Å². The molecular weight excluding hydrogens is 1750 g/mol. The molecule has 6 aliphatic carbocycles. The lowest BCUT2D eigenvalue weighted by molar-refractivity contribution is 0.0131. The molecule has 12 bridgehead atoms. The minimum absolute atomic E-state index is 0.248. The van der Waals surface area contributed by atoms with Gasteiger partial charge in [-0.05, 0) is 273 Å². The first-order chi connectivity index (χ1) is 69.7. The molecule has 0 spiro atoms. The monoisotopic (exact) mass is 1910 g/mol. The first-order valence-electron chi connectivity index (χ1n) is 55.7. The fourth-order valence-corrected chi connectivity index (χ4v) is 28.7. The number of H-pyrrole nitrogens is 6. The van der Waals surface area contributed by atoms with E-state index in [1.807, 2.05) is 31.2 Å². The number of nitrogens with zero attached hydrogens (tertiary/aromatic N) is 7. The number of ether oxygens (including phenoxy) is 1. The number of aromatic amines is 6. The summed E-state index contributed by atoms with van der Waals surface area (Å²) in [5.41, 5.74) is 19.5. The van der Waals surface area contributed by atoms with Gasteiger partial charge in [0.1, 0.15) is 11.5 Å². The van der Waals surface area contributed by atoms with Gasteiger partial charge in [0, 0.05) is 194 Å². The van der Waals surface area contributed by atoms with Crippen molar-refractivity contribution in [1.29, 1.82) is 0 Å². The number of imidazole rings is 1. The Morgan fingerprint density at radius 1 is 0.371 bits per heavy atom. The van der Waals surface area contributed by atoms with Crippen molar-refractivity contribution in [1.82, 2.24) is 64.3 Å². The topological polar surface area (TPSA) is 153 Å². The standard InChI is InChI=1S/C24H26N2.C23H30N2O2.2C21H28N2.C20H26N2.C19H25N3/c1-2-6-18(7-3-1)14-21-15-19-10-11-24(21)26(17-19)13-12-20-16-25-23-9-5-4-8-22(20)23;1-4-23(3)14-16-10-11-20(23)25(15-16)13-12-18-17-8-6-7-9-19(17)24-21(18)22(26)27-5-2;1-3-21(2)13-16-10-11-20(21)23(15-16)12-6-7-17-14-22-19-9-5-4-8-18(17)19;1-3-11-21(2)13-16-8-9-20(21)23(15-16)12-10-17-14-22-19-7-5-4-6-18(17)19;1-3-20(2)13-15-8-9-19(20)22(14-15)11-10-17-12-16-6-4-5-7-18(16)21-17;1-3-19(2)12-14-8-9-17(19)22(13-14)11-10-18-20-15-6-4-5-7-16(15)21-18/h1-11,16,19,21,24-25H,12-15,17H2;6-11,16,20,24H,4-5,12-15H2,1-3H3;4-5,8-11,14,16,20,22H,3,6-7,12-13,15H2,1-2H3;4-9,14,16,20,22H,3,10-13,15H2,1-2H3;4-9,12,15,19,21H,3,10-11,13-14H2,1-2H3;4-9,14,17H,3,10-13H2,1-2H3,(H,20,21). The van der Waals surface area contributed by atoms with E-state index in [1.165, 1.54) is 214 Å². The normalized spacial score (nSPS) is 29.1. The third-order valence-corrected chi connectivity index (χ3v) is 36.8. The molecule has 0 saturated carbocycles. The minimum atomic E-state index is -0.248. The van der Waals surface area contributed by atoms with Crippen molar-refractivity contribution in [3.05, 3.63) is 319 Å². The van der Waals surface area contributed by atoms with Crippen molar-refractivity contribution in [3.63, 3.8) is 0 Å². The molecule has 18 unspecified atom stereocenters. The van der Waals surface area contributed by atoms with Crippen molar-refractivity contribution >= 4 is 71.5 Å². The third-order valence-electron chi connectivity index (χ3n) is 36.8. The molecule has 6 aromatic heterocycles. The maximum atomic E-state index is 12.5. The first-order valence-corrected chi connectivity index (χ1v) is 55.7. The van der Waals surface area contributed by atoms with Crippen LogP contribution in [0.5, 0.6) is 0 Å². The number of para-hydroxylation sites is 7. The zero-order valence-electron chi connectivity index (χ0n) is 87.8. The summed E-state index contributed by atoms with van der Waals surface area (Å²) in [6.45, 7) is 40.4. The zero-order chi connectivity index (χ0) is 98.4. The molecule has 0 radical (unpaired) electrons. The summed E-state index contributed by atoms with van der Waals surface area (Å²) < 4.78 is 5.29. The van der Waals surface area contributed by atoms with Gasteiger partial charge in [0.05, 0.1) is 17.6 Å². The number of aromatic nitrogens is 7. The van der Waals surface area contributed by atoms with E-state index in [2.05, 4.69) is 378 Å². The van der Waals surface area contributed by atoms with E-state index in [1.54, 1.807) is 0 Å². The van der Waals surface area contributed by atoms with Gasteiger partial charge < -0.3 is 34.6 Å². The minimum Gasteiger partial charge on any atom is -0.461 e. The van der Waals surface area contributed by atoms with Gasteiger partial charge in [-0.1, -0.05) is 282 Å². The molecule has 12 aliphatic heterocycles. The van der Waals surface area contributed by atoms with Crippen molar-refractivity contribution in [2.75, 3.05) is 85.1 Å². The van der Waals surface area contributed by atoms with E-state index in [-0.39, 0.29) is 5.97 Å². The van der Waals surface area contributed by atoms with E-state index in [9.17, 15) is 4.79 Å². The van der Waals surface area contributed by atoms with Crippen LogP contribution in [0.1, 0.15) is 209 Å². The highest BCUT2D eigenvalue weighted by Crippen LogP contribution is 2.52. The fourth-order valence-electron chi connectivity index (χ4n) is 28.7. The lowest BCUT2D eigenvalue weighted by Gasteiger charge is -2.53. The fraction of sp³-hybridized carbons (Fsp3) is 0.484. The molecule has 18 aliphatic rings. The van der Waals surface area contributed by atoms with Crippen LogP contribution in [-0.2, 0) is 49.7 Å². The maximum absolute atomic E-state index is 12.5. The first kappa shape index (κ1) is 99.7. The Balaban J connectivity index is 0.000000105. The third kappa shape index (κ3) is 21.8. The summed E-state index contributed by atoms with van der Waals surface area (Å²) in [5.74, 6) is 6.06. The van der Waals surface area contributed by atoms with Crippen molar-refractivity contribution in [3.8, 4) is 0 Å². The Morgan fingerprint density at radius 3 is 1.26 bits per heavy atom. The van der Waals surface area contributed by atoms with Gasteiger partial charge >= 0.3 is 5.97 Å². The van der Waals surface area contributed by atoms with Crippen LogP contribution in [0.15, 0.2) is 273 Å². The molecule has 31 rings (SSSR count). The highest BCUT2D eigenvalue weighted by Gasteiger charge is 2.50. The van der Waals surface area contributed by atoms with E-state index >= 15 is 0 Å². The van der Waals surface area contributed by atoms with E-state index in [0.717, 1.165) is 134 Å². The SMILES string of the molecule is C1=CC2C(Cc3ccccc3)CC1CN2CCc1c[nH]c2ccccc12.CCC1(C)CC2C=CC1N(CCCc1c[nH]c3ccccc13)C2.CCC1(C)CC2C=CC1N(CCc1cc3ccccc3[nH]1)C2.CCC1(C)CC2C=CC1N(CCc1nc3ccccc3[nH]1)C2.CCCC1(C)CC2C=CC1N(CCc1c[nH]c3ccccc13)C2.CCOC(=O)c1[nH]c2ccccc2c1CCN1CC2C=CC1C(C)(CC)C2. The zero-order valence-corrected chi connectivity index (χ0v) is 87.8. The number of carbonyl (C=O) groups is 1. The van der Waals surface area contributed by atoms with Crippen LogP contribution in [-0.4, -0.2) is 192 Å². The van der Waals surface area contributed by atoms with Gasteiger partial charge in [0.2, 0.25) is 0 Å². The number of rotatable bonds is 29. The second-order valence-electron chi connectivity index (χ2n) is 46.5. The quantitative estimate of drug-likeness (QED) is 0.0199. The summed E-state index contributed by atoms with van der Waals surface area (Å²) in [4.78, 5) is 54.0. The summed E-state index contributed by atoms with van der Waals surface area (Å²) >= 11 is 0. The van der Waals surface area contributed by atoms with Crippen LogP contribution < -0.4 is 0 Å². The van der Waals surface area contributed by atoms with Crippen LogP contribution in [0, 0.1) is 68.5 Å². The highest BCUT2D eigenvalue weighted by atomic mass is 16.5. The molecule has 7 aromatic carbocycles. The number of benzene rings is 7. The average Bonchev–Trinajstić information content (AvgIpc) is 1.64. The summed E-state index contributed by atoms with van der Waals surface area (Å²) in [6.07, 6.45) is 60.8. The molecule has 15 heteroatoms. The molecule has 6 N–H and O–H groups in total. The Bertz CT molecular complexity index is 6460. The largest absolute Gasteiger partial charge is 0.461 e. The highest BCUT2D eigenvalue weighted by molar-refractivity contribution is 5.98. The number of piperidine rings is 6. The lowest BCUT2D eigenvalue weighted by Crippen LogP contribution is -2.55. The summed E-state index contributed by atoms with van der Waals surface area (Å²) in [5, 5.41) is 6.63. The molecule has 18 heterocycles. The van der Waals surface area contributed by atoms with Gasteiger partial charge in [-0.3, -0.25) is 29.4 Å². The van der Waals surface area contributed by atoms with Crippen molar-refractivity contribution in [2.24, 2.45) is 68.5 Å². The molecular formula is C128H163N13O2. The number of esters is 1. The summed E-state index contributed by atoms with van der Waals surface area (Å²) in [6, 6.07) is 67.9. The van der Waals surface area contributed by atoms with Crippen molar-refractivity contribution < 1.29 is 9.53 Å². The number of hydrogen-bond donors (Lipinski definition) is 6. The summed E-state index contributed by atoms with van der Waals surface area (Å²) in [7, 11) is 0. The van der Waals surface area contributed by atoms with Crippen LogP contribution >= 0.6 is 0 Å². The van der Waals surface area contributed by atoms with E-state index in [4.69, 9.17) is 9.72 Å². The van der Waals surface area contributed by atoms with Crippen LogP contribution in [0.4, 0.5) is 0 Å². The van der Waals surface area contributed by atoms with Gasteiger partial charge in [0.15, 0.2) is 0 Å². The molecule has 15 nitrogen and oxygen atoms in total.